The second-order valence-corrected chi connectivity index (χ2v) is 8.32. The molecule has 0 spiro atoms. The molecule has 0 bridgehead atoms. The van der Waals surface area contributed by atoms with E-state index < -0.39 is 6.61 Å². The highest BCUT2D eigenvalue weighted by Gasteiger charge is 2.29. The first kappa shape index (κ1) is 22.9. The van der Waals surface area contributed by atoms with Crippen LogP contribution in [-0.4, -0.2) is 54.9 Å². The summed E-state index contributed by atoms with van der Waals surface area (Å²) in [5.41, 5.74) is 2.12. The van der Waals surface area contributed by atoms with Crippen molar-refractivity contribution in [2.45, 2.75) is 31.6 Å². The van der Waals surface area contributed by atoms with E-state index in [0.717, 1.165) is 5.56 Å². The van der Waals surface area contributed by atoms with Crippen molar-refractivity contribution < 1.29 is 32.2 Å². The van der Waals surface area contributed by atoms with Crippen LogP contribution in [0.5, 0.6) is 11.5 Å². The van der Waals surface area contributed by atoms with Crippen LogP contribution in [0.1, 0.15) is 29.4 Å². The summed E-state index contributed by atoms with van der Waals surface area (Å²) in [6.07, 6.45) is 0.411. The molecule has 11 heteroatoms. The van der Waals surface area contributed by atoms with Crippen LogP contribution >= 0.6 is 0 Å². The normalized spacial score (nSPS) is 20.2. The van der Waals surface area contributed by atoms with E-state index in [0.29, 0.717) is 55.3 Å². The Morgan fingerprint density at radius 3 is 2.94 bits per heavy atom. The number of fused-ring (bicyclic) bond motifs is 1. The van der Waals surface area contributed by atoms with Crippen molar-refractivity contribution in [2.75, 3.05) is 26.3 Å². The van der Waals surface area contributed by atoms with E-state index in [1.54, 1.807) is 35.2 Å². The molecule has 0 radical (unpaired) electrons. The number of nitrogens with zero attached hydrogens (tertiary/aromatic N) is 3. The minimum absolute atomic E-state index is 0.0490. The molecule has 2 atom stereocenters. The minimum atomic E-state index is -2.98. The summed E-state index contributed by atoms with van der Waals surface area (Å²) >= 11 is 0. The molecule has 2 unspecified atom stereocenters. The molecular weight excluding hydrogens is 462 g/mol. The number of carbonyl (C=O) groups is 1. The molecule has 1 aromatic heterocycles. The molecule has 5 rings (SSSR count). The Kier molecular flexibility index (Phi) is 6.37. The van der Waals surface area contributed by atoms with E-state index in [9.17, 15) is 18.8 Å². The Morgan fingerprint density at radius 1 is 1.29 bits per heavy atom. The van der Waals surface area contributed by atoms with Gasteiger partial charge in [-0.05, 0) is 29.8 Å². The van der Waals surface area contributed by atoms with Crippen LogP contribution in [-0.2, 0) is 11.3 Å². The molecule has 0 aliphatic carbocycles. The molecule has 35 heavy (non-hydrogen) atoms. The van der Waals surface area contributed by atoms with Gasteiger partial charge in [0.1, 0.15) is 17.7 Å². The second kappa shape index (κ2) is 9.76. The number of hydrogen-bond donors (Lipinski definition) is 1. The Balaban J connectivity index is 1.35. The van der Waals surface area contributed by atoms with E-state index in [1.807, 2.05) is 0 Å². The quantitative estimate of drug-likeness (QED) is 0.544. The molecule has 9 nitrogen and oxygen atoms in total. The maximum atomic E-state index is 12.9. The van der Waals surface area contributed by atoms with Crippen molar-refractivity contribution in [3.05, 3.63) is 53.4 Å². The standard InChI is InChI=1S/C24H22F2N4O5/c25-23(26)35-18-5-4-14(8-20(18)33-17-6-7-32-13-17)16-10-28-24(31)30(11-16)12-21-29-22-15(9-27)2-1-3-19(22)34-21/h1-5,8,16-17,23H,6-7,10-13H2,(H,28,31). The molecular formula is C24H22F2N4O5. The van der Waals surface area contributed by atoms with Crippen molar-refractivity contribution in [3.8, 4) is 17.6 Å². The Bertz CT molecular complexity index is 1270. The molecule has 3 aromatic rings. The van der Waals surface area contributed by atoms with E-state index >= 15 is 0 Å². The van der Waals surface area contributed by atoms with Crippen molar-refractivity contribution in [2.24, 2.45) is 0 Å². The molecule has 2 amide bonds. The molecule has 2 aromatic carbocycles. The van der Waals surface area contributed by atoms with Crippen LogP contribution in [0, 0.1) is 11.3 Å². The Morgan fingerprint density at radius 2 is 2.17 bits per heavy atom. The highest BCUT2D eigenvalue weighted by molar-refractivity contribution is 5.79. The third kappa shape index (κ3) is 4.97. The van der Waals surface area contributed by atoms with Crippen LogP contribution in [0.3, 0.4) is 0 Å². The zero-order valence-corrected chi connectivity index (χ0v) is 18.6. The van der Waals surface area contributed by atoms with Crippen LogP contribution in [0.4, 0.5) is 13.6 Å². The summed E-state index contributed by atoms with van der Waals surface area (Å²) in [6.45, 7) is -1.24. The number of urea groups is 1. The van der Waals surface area contributed by atoms with Gasteiger partial charge in [0.05, 0.1) is 25.3 Å². The zero-order chi connectivity index (χ0) is 24.4. The molecule has 2 aliphatic heterocycles. The average molecular weight is 484 g/mol. The number of para-hydroxylation sites is 1. The average Bonchev–Trinajstić information content (AvgIpc) is 3.50. The van der Waals surface area contributed by atoms with E-state index in [2.05, 4.69) is 21.1 Å². The first-order valence-electron chi connectivity index (χ1n) is 11.1. The smallest absolute Gasteiger partial charge is 0.387 e. The van der Waals surface area contributed by atoms with Gasteiger partial charge in [0.15, 0.2) is 17.1 Å². The SMILES string of the molecule is N#Cc1cccc2oc(CN3CC(c4ccc(OC(F)F)c(OC5CCOC5)c4)CNC3=O)nc12. The summed E-state index contributed by atoms with van der Waals surface area (Å²) in [4.78, 5) is 18.5. The fourth-order valence-electron chi connectivity index (χ4n) is 4.26. The lowest BCUT2D eigenvalue weighted by molar-refractivity contribution is -0.0521. The summed E-state index contributed by atoms with van der Waals surface area (Å²) in [7, 11) is 0. The summed E-state index contributed by atoms with van der Waals surface area (Å²) in [5.74, 6) is 0.329. The van der Waals surface area contributed by atoms with Gasteiger partial charge in [-0.1, -0.05) is 12.1 Å². The monoisotopic (exact) mass is 484 g/mol. The molecule has 2 fully saturated rings. The third-order valence-corrected chi connectivity index (χ3v) is 5.97. The third-order valence-electron chi connectivity index (χ3n) is 5.97. The minimum Gasteiger partial charge on any atom is -0.484 e. The van der Waals surface area contributed by atoms with Gasteiger partial charge in [-0.15, -0.1) is 0 Å². The number of ether oxygens (including phenoxy) is 3. The lowest BCUT2D eigenvalue weighted by Crippen LogP contribution is -2.49. The lowest BCUT2D eigenvalue weighted by atomic mass is 9.96. The molecule has 1 N–H and O–H groups in total. The predicted octanol–water partition coefficient (Wildman–Crippen LogP) is 3.78. The van der Waals surface area contributed by atoms with E-state index in [4.69, 9.17) is 13.9 Å². The number of nitrogens with one attached hydrogen (secondary N) is 1. The zero-order valence-electron chi connectivity index (χ0n) is 18.6. The van der Waals surface area contributed by atoms with E-state index in [-0.39, 0.29) is 36.1 Å². The number of oxazole rings is 1. The van der Waals surface area contributed by atoms with Crippen LogP contribution < -0.4 is 14.8 Å². The number of alkyl halides is 2. The highest BCUT2D eigenvalue weighted by Crippen LogP contribution is 2.35. The first-order chi connectivity index (χ1) is 17.0. The molecule has 0 saturated carbocycles. The fourth-order valence-corrected chi connectivity index (χ4v) is 4.26. The summed E-state index contributed by atoms with van der Waals surface area (Å²) in [6, 6.07) is 11.7. The Labute approximate surface area is 199 Å². The van der Waals surface area contributed by atoms with Gasteiger partial charge < -0.3 is 28.8 Å². The van der Waals surface area contributed by atoms with Gasteiger partial charge >= 0.3 is 12.6 Å². The molecule has 182 valence electrons. The van der Waals surface area contributed by atoms with Crippen molar-refractivity contribution in [1.29, 1.82) is 5.26 Å². The molecule has 2 saturated heterocycles. The largest absolute Gasteiger partial charge is 0.484 e. The van der Waals surface area contributed by atoms with E-state index in [1.165, 1.54) is 6.07 Å². The van der Waals surface area contributed by atoms with Gasteiger partial charge in [0, 0.05) is 25.4 Å². The number of halogens is 2. The van der Waals surface area contributed by atoms with Crippen LogP contribution in [0.15, 0.2) is 40.8 Å². The van der Waals surface area contributed by atoms with Gasteiger partial charge in [0.25, 0.3) is 0 Å². The molecule has 3 heterocycles. The van der Waals surface area contributed by atoms with Crippen LogP contribution in [0.25, 0.3) is 11.1 Å². The maximum absolute atomic E-state index is 12.9. The first-order valence-corrected chi connectivity index (χ1v) is 11.1. The summed E-state index contributed by atoms with van der Waals surface area (Å²) < 4.78 is 47.4. The number of aromatic nitrogens is 1. The number of rotatable bonds is 7. The van der Waals surface area contributed by atoms with Crippen molar-refractivity contribution in [1.82, 2.24) is 15.2 Å². The lowest BCUT2D eigenvalue weighted by Gasteiger charge is -2.33. The van der Waals surface area contributed by atoms with Crippen molar-refractivity contribution in [3.63, 3.8) is 0 Å². The number of hydrogen-bond acceptors (Lipinski definition) is 7. The number of nitriles is 1. The fraction of sp³-hybridized carbons (Fsp3) is 0.375. The highest BCUT2D eigenvalue weighted by atomic mass is 19.3. The Hall–Kier alpha value is -3.91. The number of benzene rings is 2. The number of carbonyl (C=O) groups excluding carboxylic acids is 1. The van der Waals surface area contributed by atoms with Gasteiger partial charge in [-0.2, -0.15) is 14.0 Å². The maximum Gasteiger partial charge on any atom is 0.387 e. The summed E-state index contributed by atoms with van der Waals surface area (Å²) in [5, 5.41) is 12.1. The predicted molar refractivity (Wildman–Crippen MR) is 118 cm³/mol. The van der Waals surface area contributed by atoms with Gasteiger partial charge in [-0.3, -0.25) is 0 Å². The number of amides is 2. The second-order valence-electron chi connectivity index (χ2n) is 8.32. The van der Waals surface area contributed by atoms with Crippen molar-refractivity contribution >= 4 is 17.1 Å². The van der Waals surface area contributed by atoms with Gasteiger partial charge in [0.2, 0.25) is 5.89 Å². The van der Waals surface area contributed by atoms with Crippen LogP contribution in [0.2, 0.25) is 0 Å². The molecule has 2 aliphatic rings. The van der Waals surface area contributed by atoms with Gasteiger partial charge in [-0.25, -0.2) is 9.78 Å². The topological polar surface area (TPSA) is 110 Å².